The molecule has 0 aromatic heterocycles. The van der Waals surface area contributed by atoms with Crippen molar-refractivity contribution < 1.29 is 19.4 Å². The van der Waals surface area contributed by atoms with E-state index in [0.29, 0.717) is 0 Å². The molecule has 0 spiro atoms. The van der Waals surface area contributed by atoms with E-state index < -0.39 is 6.10 Å². The number of nitrogens with zero attached hydrogens (tertiary/aromatic N) is 1. The molecule has 5 heteroatoms. The van der Waals surface area contributed by atoms with E-state index in [1.807, 2.05) is 12.1 Å². The number of hydrogen-bond acceptors (Lipinski definition) is 4. The van der Waals surface area contributed by atoms with Gasteiger partial charge in [-0.15, -0.1) is 0 Å². The van der Waals surface area contributed by atoms with Gasteiger partial charge in [0.05, 0.1) is 12.7 Å². The number of carbonyl (C=O) groups excluding carboxylic acids is 1. The number of aliphatic hydroxyl groups excluding tert-OH is 1. The van der Waals surface area contributed by atoms with Gasteiger partial charge in [0.1, 0.15) is 5.75 Å². The molecule has 1 atom stereocenters. The van der Waals surface area contributed by atoms with E-state index in [-0.39, 0.29) is 25.7 Å². The number of aryl methyl sites for hydroxylation is 2. The van der Waals surface area contributed by atoms with Crippen LogP contribution in [0.1, 0.15) is 17.5 Å². The van der Waals surface area contributed by atoms with Crippen molar-refractivity contribution in [2.75, 3.05) is 33.9 Å². The molecule has 5 nitrogen and oxygen atoms in total. The van der Waals surface area contributed by atoms with Crippen molar-refractivity contribution in [3.8, 4) is 5.75 Å². The molecule has 1 unspecified atom stereocenters. The van der Waals surface area contributed by atoms with Gasteiger partial charge in [0.25, 0.3) is 5.91 Å². The molecule has 1 aromatic carbocycles. The molecule has 1 aliphatic carbocycles. The summed E-state index contributed by atoms with van der Waals surface area (Å²) in [6, 6.07) is 6.01. The Morgan fingerprint density at radius 2 is 2.14 bits per heavy atom. The van der Waals surface area contributed by atoms with Gasteiger partial charge >= 0.3 is 0 Å². The molecule has 1 aliphatic rings. The Labute approximate surface area is 125 Å². The molecule has 0 heterocycles. The number of ether oxygens (including phenoxy) is 2. The second kappa shape index (κ2) is 7.43. The van der Waals surface area contributed by atoms with Crippen LogP contribution >= 0.6 is 0 Å². The van der Waals surface area contributed by atoms with Crippen LogP contribution in [0.4, 0.5) is 0 Å². The van der Waals surface area contributed by atoms with Crippen molar-refractivity contribution in [3.63, 3.8) is 0 Å². The molecule has 21 heavy (non-hydrogen) atoms. The van der Waals surface area contributed by atoms with Gasteiger partial charge in [-0.25, -0.2) is 0 Å². The highest BCUT2D eigenvalue weighted by atomic mass is 16.5. The van der Waals surface area contributed by atoms with Crippen molar-refractivity contribution in [2.24, 2.45) is 0 Å². The Morgan fingerprint density at radius 1 is 1.38 bits per heavy atom. The van der Waals surface area contributed by atoms with Gasteiger partial charge < -0.3 is 19.5 Å². The van der Waals surface area contributed by atoms with Crippen molar-refractivity contribution in [1.29, 1.82) is 0 Å². The number of benzene rings is 1. The third-order valence-corrected chi connectivity index (χ3v) is 3.70. The van der Waals surface area contributed by atoms with E-state index in [0.717, 1.165) is 18.6 Å². The zero-order valence-electron chi connectivity index (χ0n) is 12.7. The van der Waals surface area contributed by atoms with Gasteiger partial charge in [-0.2, -0.15) is 0 Å². The van der Waals surface area contributed by atoms with Crippen LogP contribution in [0.15, 0.2) is 18.2 Å². The third kappa shape index (κ3) is 4.44. The minimum Gasteiger partial charge on any atom is -0.484 e. The lowest BCUT2D eigenvalue weighted by Gasteiger charge is -2.20. The Balaban J connectivity index is 1.80. The second-order valence-electron chi connectivity index (χ2n) is 5.46. The van der Waals surface area contributed by atoms with Crippen LogP contribution in [-0.2, 0) is 22.4 Å². The lowest BCUT2D eigenvalue weighted by Crippen LogP contribution is -2.38. The number of aliphatic hydroxyl groups is 1. The highest BCUT2D eigenvalue weighted by Crippen LogP contribution is 2.25. The molecule has 2 rings (SSSR count). The van der Waals surface area contributed by atoms with Crippen molar-refractivity contribution >= 4 is 5.91 Å². The minimum absolute atomic E-state index is 0.0189. The number of fused-ring (bicyclic) bond motifs is 1. The number of methoxy groups -OCH3 is 1. The zero-order valence-corrected chi connectivity index (χ0v) is 12.7. The topological polar surface area (TPSA) is 59.0 Å². The molecule has 116 valence electrons. The van der Waals surface area contributed by atoms with Gasteiger partial charge in [-0.05, 0) is 42.5 Å². The fraction of sp³-hybridized carbons (Fsp3) is 0.562. The minimum atomic E-state index is -0.677. The van der Waals surface area contributed by atoms with Gasteiger partial charge in [0.2, 0.25) is 0 Å². The van der Waals surface area contributed by atoms with Crippen molar-refractivity contribution in [1.82, 2.24) is 4.90 Å². The van der Waals surface area contributed by atoms with Crippen LogP contribution < -0.4 is 4.74 Å². The molecule has 1 amide bonds. The maximum atomic E-state index is 11.9. The predicted molar refractivity (Wildman–Crippen MR) is 79.5 cm³/mol. The first-order chi connectivity index (χ1) is 10.1. The molecule has 0 aliphatic heterocycles. The Hall–Kier alpha value is -1.59. The standard InChI is InChI=1S/C16H23NO4/c1-17(9-14(18)10-20-2)16(19)11-21-15-7-6-12-4-3-5-13(12)8-15/h6-8,14,18H,3-5,9-11H2,1-2H3. The molecule has 0 bridgehead atoms. The van der Waals surface area contributed by atoms with Gasteiger partial charge in [-0.1, -0.05) is 6.07 Å². The Kier molecular flexibility index (Phi) is 5.59. The average Bonchev–Trinajstić information content (AvgIpc) is 2.92. The summed E-state index contributed by atoms with van der Waals surface area (Å²) in [4.78, 5) is 13.4. The first kappa shape index (κ1) is 15.8. The quantitative estimate of drug-likeness (QED) is 0.815. The summed E-state index contributed by atoms with van der Waals surface area (Å²) in [6.45, 7) is 0.429. The third-order valence-electron chi connectivity index (χ3n) is 3.70. The van der Waals surface area contributed by atoms with Crippen LogP contribution in [0.2, 0.25) is 0 Å². The molecule has 1 aromatic rings. The van der Waals surface area contributed by atoms with Crippen LogP contribution in [-0.4, -0.2) is 55.9 Å². The number of likely N-dealkylation sites (N-methyl/N-ethyl adjacent to an activating group) is 1. The highest BCUT2D eigenvalue weighted by Gasteiger charge is 2.15. The van der Waals surface area contributed by atoms with Crippen molar-refractivity contribution in [2.45, 2.75) is 25.4 Å². The van der Waals surface area contributed by atoms with E-state index >= 15 is 0 Å². The number of hydrogen-bond donors (Lipinski definition) is 1. The molecular weight excluding hydrogens is 270 g/mol. The Morgan fingerprint density at radius 3 is 2.90 bits per heavy atom. The van der Waals surface area contributed by atoms with Gasteiger partial charge in [0.15, 0.2) is 6.61 Å². The summed E-state index contributed by atoms with van der Waals surface area (Å²) in [5, 5.41) is 9.60. The molecule has 0 saturated carbocycles. The monoisotopic (exact) mass is 293 g/mol. The molecular formula is C16H23NO4. The van der Waals surface area contributed by atoms with Crippen LogP contribution in [0, 0.1) is 0 Å². The van der Waals surface area contributed by atoms with Crippen LogP contribution in [0.25, 0.3) is 0 Å². The first-order valence-electron chi connectivity index (χ1n) is 7.25. The molecule has 0 radical (unpaired) electrons. The van der Waals surface area contributed by atoms with E-state index in [4.69, 9.17) is 9.47 Å². The highest BCUT2D eigenvalue weighted by molar-refractivity contribution is 5.77. The van der Waals surface area contributed by atoms with E-state index in [1.54, 1.807) is 7.05 Å². The van der Waals surface area contributed by atoms with E-state index in [9.17, 15) is 9.90 Å². The molecule has 0 fully saturated rings. The maximum Gasteiger partial charge on any atom is 0.260 e. The SMILES string of the molecule is COCC(O)CN(C)C(=O)COc1ccc2c(c1)CCC2. The van der Waals surface area contributed by atoms with E-state index in [1.165, 1.54) is 29.6 Å². The normalized spacial score (nSPS) is 14.6. The maximum absolute atomic E-state index is 11.9. The largest absolute Gasteiger partial charge is 0.484 e. The second-order valence-corrected chi connectivity index (χ2v) is 5.46. The van der Waals surface area contributed by atoms with Crippen molar-refractivity contribution in [3.05, 3.63) is 29.3 Å². The summed E-state index contributed by atoms with van der Waals surface area (Å²) in [7, 11) is 3.16. The average molecular weight is 293 g/mol. The van der Waals surface area contributed by atoms with Crippen LogP contribution in [0.3, 0.4) is 0 Å². The van der Waals surface area contributed by atoms with Gasteiger partial charge in [0, 0.05) is 20.7 Å². The molecule has 0 saturated heterocycles. The number of carbonyl (C=O) groups is 1. The molecule has 1 N–H and O–H groups in total. The lowest BCUT2D eigenvalue weighted by atomic mass is 10.1. The summed E-state index contributed by atoms with van der Waals surface area (Å²) in [5.74, 6) is 0.570. The summed E-state index contributed by atoms with van der Waals surface area (Å²) in [6.07, 6.45) is 2.74. The fourth-order valence-corrected chi connectivity index (χ4v) is 2.56. The summed E-state index contributed by atoms with van der Waals surface area (Å²) >= 11 is 0. The smallest absolute Gasteiger partial charge is 0.260 e. The van der Waals surface area contributed by atoms with Gasteiger partial charge in [-0.3, -0.25) is 4.79 Å². The Bertz CT molecular complexity index is 489. The van der Waals surface area contributed by atoms with E-state index in [2.05, 4.69) is 6.07 Å². The summed E-state index contributed by atoms with van der Waals surface area (Å²) < 4.78 is 10.4. The fourth-order valence-electron chi connectivity index (χ4n) is 2.56. The zero-order chi connectivity index (χ0) is 15.2. The predicted octanol–water partition coefficient (Wildman–Crippen LogP) is 1.02. The lowest BCUT2D eigenvalue weighted by molar-refractivity contribution is -0.133. The first-order valence-corrected chi connectivity index (χ1v) is 7.25. The summed E-state index contributed by atoms with van der Waals surface area (Å²) in [5.41, 5.74) is 2.71. The van der Waals surface area contributed by atoms with Crippen LogP contribution in [0.5, 0.6) is 5.75 Å². The number of amides is 1. The number of rotatable bonds is 7.